The minimum Gasteiger partial charge on any atom is -0.462 e. The van der Waals surface area contributed by atoms with E-state index in [0.29, 0.717) is 12.8 Å². The summed E-state index contributed by atoms with van der Waals surface area (Å²) < 4.78 is 17.2. The minimum absolute atomic E-state index is 0.0220. The Morgan fingerprint density at radius 2 is 1.04 bits per heavy atom. The maximum absolute atomic E-state index is 12.8. The quantitative estimate of drug-likeness (QED) is 0.0463. The molecule has 0 aliphatic rings. The number of ether oxygens (including phenoxy) is 3. The molecule has 5 N–H and O–H groups in total. The summed E-state index contributed by atoms with van der Waals surface area (Å²) in [6.07, 6.45) is 25.9. The van der Waals surface area contributed by atoms with Crippen molar-refractivity contribution in [3.63, 3.8) is 0 Å². The molecule has 0 aromatic rings. The molecule has 0 bridgehead atoms. The number of aliphatic hydroxyl groups excluding tert-OH is 1. The lowest BCUT2D eigenvalue weighted by Crippen LogP contribution is -2.52. The highest BCUT2D eigenvalue weighted by molar-refractivity contribution is 5.70. The Morgan fingerprint density at radius 1 is 0.652 bits per heavy atom. The van der Waals surface area contributed by atoms with Crippen LogP contribution in [0.3, 0.4) is 0 Å². The lowest BCUT2D eigenvalue weighted by molar-refractivity contribution is -0.161. The van der Waals surface area contributed by atoms with Crippen LogP contribution in [0.25, 0.3) is 0 Å². The Labute approximate surface area is 283 Å². The summed E-state index contributed by atoms with van der Waals surface area (Å²) in [6, 6.07) is 0. The van der Waals surface area contributed by atoms with Gasteiger partial charge in [0, 0.05) is 31.3 Å². The fourth-order valence-corrected chi connectivity index (χ4v) is 5.67. The average molecular weight is 657 g/mol. The van der Waals surface area contributed by atoms with Gasteiger partial charge in [-0.1, -0.05) is 142 Å². The molecule has 0 fully saturated rings. The Bertz CT molecular complexity index is 705. The summed E-state index contributed by atoms with van der Waals surface area (Å²) >= 11 is 0. The maximum atomic E-state index is 12.8. The highest BCUT2D eigenvalue weighted by Gasteiger charge is 2.33. The van der Waals surface area contributed by atoms with E-state index in [1.165, 1.54) is 103 Å². The van der Waals surface area contributed by atoms with Crippen molar-refractivity contribution < 1.29 is 28.9 Å². The Balaban J connectivity index is 4.54. The van der Waals surface area contributed by atoms with Crippen molar-refractivity contribution in [1.82, 2.24) is 0 Å². The molecule has 4 unspecified atom stereocenters. The molecule has 0 amide bonds. The summed E-state index contributed by atoms with van der Waals surface area (Å²) in [6.45, 7) is 8.29. The molecule has 0 saturated heterocycles. The highest BCUT2D eigenvalue weighted by atomic mass is 16.6. The lowest BCUT2D eigenvalue weighted by atomic mass is 9.90. The predicted molar refractivity (Wildman–Crippen MR) is 191 cm³/mol. The van der Waals surface area contributed by atoms with E-state index in [2.05, 4.69) is 13.8 Å². The van der Waals surface area contributed by atoms with Crippen LogP contribution in [-0.2, 0) is 23.8 Å². The fourth-order valence-electron chi connectivity index (χ4n) is 5.67. The number of nitrogens with two attached hydrogens (primary N) is 2. The largest absolute Gasteiger partial charge is 0.462 e. The van der Waals surface area contributed by atoms with Gasteiger partial charge < -0.3 is 30.8 Å². The number of unbranched alkanes of at least 4 members (excludes halogenated alkanes) is 20. The summed E-state index contributed by atoms with van der Waals surface area (Å²) in [7, 11) is 0. The van der Waals surface area contributed by atoms with E-state index in [4.69, 9.17) is 25.7 Å². The second-order valence-corrected chi connectivity index (χ2v) is 13.9. The van der Waals surface area contributed by atoms with Crippen LogP contribution in [0.4, 0.5) is 0 Å². The molecule has 274 valence electrons. The molecule has 8 heteroatoms. The van der Waals surface area contributed by atoms with Crippen molar-refractivity contribution in [2.24, 2.45) is 11.5 Å². The smallest absolute Gasteiger partial charge is 0.306 e. The average Bonchev–Trinajstić information content (AvgIpc) is 3.03. The molecule has 46 heavy (non-hydrogen) atoms. The van der Waals surface area contributed by atoms with Crippen LogP contribution in [0.1, 0.15) is 188 Å². The van der Waals surface area contributed by atoms with Gasteiger partial charge in [0.15, 0.2) is 0 Å². The zero-order valence-electron chi connectivity index (χ0n) is 30.7. The zero-order chi connectivity index (χ0) is 34.3. The second-order valence-electron chi connectivity index (χ2n) is 13.9. The van der Waals surface area contributed by atoms with E-state index < -0.39 is 23.9 Å². The first-order chi connectivity index (χ1) is 22.2. The van der Waals surface area contributed by atoms with Crippen LogP contribution in [0.15, 0.2) is 0 Å². The van der Waals surface area contributed by atoms with Gasteiger partial charge >= 0.3 is 11.9 Å². The molecule has 4 atom stereocenters. The Hall–Kier alpha value is -1.22. The van der Waals surface area contributed by atoms with E-state index in [1.807, 2.05) is 13.8 Å². The number of aliphatic hydroxyl groups is 1. The Morgan fingerprint density at radius 3 is 1.46 bits per heavy atom. The highest BCUT2D eigenvalue weighted by Crippen LogP contribution is 2.21. The molecule has 0 aliphatic heterocycles. The standard InChI is InChI=1S/C38H76N2O6/c1-5-7-9-11-13-15-17-19-21-23-25-27-36(42)45-32-35(29-38(4,40)33(3)44-31-34(41)30-39)46-37(43)28-26-24-22-20-18-16-14-12-10-8-6-2/h33-35,41H,5-32,39-40H2,1-4H3. The number of esters is 2. The minimum atomic E-state index is -0.877. The molecule has 0 aromatic heterocycles. The molecule has 0 spiro atoms. The van der Waals surface area contributed by atoms with Gasteiger partial charge in [-0.05, 0) is 26.7 Å². The molecular weight excluding hydrogens is 580 g/mol. The molecule has 0 aliphatic carbocycles. The normalized spacial score (nSPS) is 14.8. The molecular formula is C38H76N2O6. The van der Waals surface area contributed by atoms with Crippen molar-refractivity contribution in [2.75, 3.05) is 19.8 Å². The van der Waals surface area contributed by atoms with Gasteiger partial charge in [-0.3, -0.25) is 9.59 Å². The lowest BCUT2D eigenvalue weighted by Gasteiger charge is -2.34. The fraction of sp³-hybridized carbons (Fsp3) is 0.947. The third kappa shape index (κ3) is 27.9. The van der Waals surface area contributed by atoms with Gasteiger partial charge in [0.05, 0.1) is 18.8 Å². The van der Waals surface area contributed by atoms with E-state index in [1.54, 1.807) is 0 Å². The van der Waals surface area contributed by atoms with E-state index in [-0.39, 0.29) is 38.1 Å². The van der Waals surface area contributed by atoms with Gasteiger partial charge in [0.2, 0.25) is 0 Å². The van der Waals surface area contributed by atoms with Gasteiger partial charge in [-0.2, -0.15) is 0 Å². The summed E-state index contributed by atoms with van der Waals surface area (Å²) in [5.41, 5.74) is 11.2. The maximum Gasteiger partial charge on any atom is 0.306 e. The number of rotatable bonds is 34. The first kappa shape index (κ1) is 44.8. The first-order valence-electron chi connectivity index (χ1n) is 19.3. The summed E-state index contributed by atoms with van der Waals surface area (Å²) in [5.74, 6) is -0.554. The van der Waals surface area contributed by atoms with E-state index >= 15 is 0 Å². The van der Waals surface area contributed by atoms with Crippen molar-refractivity contribution in [1.29, 1.82) is 0 Å². The predicted octanol–water partition coefficient (Wildman–Crippen LogP) is 8.68. The van der Waals surface area contributed by atoms with E-state index in [0.717, 1.165) is 38.5 Å². The number of carbonyl (C=O) groups excluding carboxylic acids is 2. The van der Waals surface area contributed by atoms with Crippen LogP contribution < -0.4 is 11.5 Å². The number of hydrogen-bond acceptors (Lipinski definition) is 8. The first-order valence-corrected chi connectivity index (χ1v) is 19.3. The molecule has 0 aromatic carbocycles. The zero-order valence-corrected chi connectivity index (χ0v) is 30.7. The second kappa shape index (κ2) is 31.1. The third-order valence-electron chi connectivity index (χ3n) is 9.10. The Kier molecular flexibility index (Phi) is 30.2. The monoisotopic (exact) mass is 657 g/mol. The molecule has 0 saturated carbocycles. The van der Waals surface area contributed by atoms with Gasteiger partial charge in [-0.25, -0.2) is 0 Å². The molecule has 0 radical (unpaired) electrons. The van der Waals surface area contributed by atoms with Gasteiger partial charge in [-0.15, -0.1) is 0 Å². The summed E-state index contributed by atoms with van der Waals surface area (Å²) in [4.78, 5) is 25.3. The summed E-state index contributed by atoms with van der Waals surface area (Å²) in [5, 5.41) is 9.78. The van der Waals surface area contributed by atoms with Crippen LogP contribution in [0.5, 0.6) is 0 Å². The van der Waals surface area contributed by atoms with Crippen LogP contribution in [0, 0.1) is 0 Å². The van der Waals surface area contributed by atoms with Gasteiger partial charge in [0.25, 0.3) is 0 Å². The van der Waals surface area contributed by atoms with Crippen molar-refractivity contribution in [2.45, 2.75) is 212 Å². The van der Waals surface area contributed by atoms with Crippen molar-refractivity contribution >= 4 is 11.9 Å². The molecule has 0 heterocycles. The SMILES string of the molecule is CCCCCCCCCCCCCC(=O)OCC(CC(C)(N)C(C)OCC(O)CN)OC(=O)CCCCCCCCCCCCC. The van der Waals surface area contributed by atoms with Gasteiger partial charge in [0.1, 0.15) is 12.7 Å². The van der Waals surface area contributed by atoms with Crippen molar-refractivity contribution in [3.8, 4) is 0 Å². The topological polar surface area (TPSA) is 134 Å². The van der Waals surface area contributed by atoms with E-state index in [9.17, 15) is 14.7 Å². The van der Waals surface area contributed by atoms with Crippen LogP contribution in [0.2, 0.25) is 0 Å². The van der Waals surface area contributed by atoms with Crippen molar-refractivity contribution in [3.05, 3.63) is 0 Å². The molecule has 0 rings (SSSR count). The third-order valence-corrected chi connectivity index (χ3v) is 9.10. The van der Waals surface area contributed by atoms with Crippen LogP contribution >= 0.6 is 0 Å². The molecule has 8 nitrogen and oxygen atoms in total. The number of hydrogen-bond donors (Lipinski definition) is 3. The number of carbonyl (C=O) groups is 2. The van der Waals surface area contributed by atoms with Crippen LogP contribution in [-0.4, -0.2) is 60.7 Å².